The van der Waals surface area contributed by atoms with Crippen LogP contribution in [0.1, 0.15) is 5.56 Å². The molecule has 18 heavy (non-hydrogen) atoms. The standard InChI is InChI=1S/C11H11Cl2FINO2/c12-9(13)10(17)16-6-11(18,5-14)7-1-3-8(15)4-2-7/h1-4,9,18H,5-6H2,(H,16,17). The highest BCUT2D eigenvalue weighted by atomic mass is 127. The third-order valence-corrected chi connectivity index (χ3v) is 3.47. The van der Waals surface area contributed by atoms with E-state index in [9.17, 15) is 14.3 Å². The molecule has 1 amide bonds. The zero-order valence-electron chi connectivity index (χ0n) is 9.17. The normalized spacial score (nSPS) is 14.3. The summed E-state index contributed by atoms with van der Waals surface area (Å²) in [5.74, 6) is -0.671. The van der Waals surface area contributed by atoms with Crippen LogP contribution in [0.25, 0.3) is 0 Å². The first kappa shape index (κ1) is 15.9. The molecule has 0 aromatic heterocycles. The van der Waals surface area contributed by atoms with E-state index < -0.39 is 23.0 Å². The minimum atomic E-state index is -1.78. The Hall–Kier alpha value is -0.110. The van der Waals surface area contributed by atoms with Crippen molar-refractivity contribution >= 4 is 51.7 Å². The molecule has 0 aliphatic carbocycles. The van der Waals surface area contributed by atoms with Gasteiger partial charge in [0.05, 0.1) is 6.54 Å². The molecule has 0 saturated carbocycles. The summed E-state index contributed by atoms with van der Waals surface area (Å²) < 4.78 is 14.0. The molecule has 100 valence electrons. The molecule has 1 unspecified atom stereocenters. The Bertz CT molecular complexity index is 416. The Morgan fingerprint density at radius 2 is 2.00 bits per heavy atom. The van der Waals surface area contributed by atoms with E-state index in [1.807, 2.05) is 0 Å². The van der Waals surface area contributed by atoms with Gasteiger partial charge in [0.25, 0.3) is 5.91 Å². The Morgan fingerprint density at radius 3 is 2.44 bits per heavy atom. The molecule has 0 aliphatic rings. The summed E-state index contributed by atoms with van der Waals surface area (Å²) in [4.78, 5) is 9.94. The smallest absolute Gasteiger partial charge is 0.253 e. The molecule has 0 fully saturated rings. The molecule has 0 heterocycles. The van der Waals surface area contributed by atoms with Gasteiger partial charge in [-0.25, -0.2) is 4.39 Å². The highest BCUT2D eigenvalue weighted by molar-refractivity contribution is 14.1. The number of carbonyl (C=O) groups excluding carboxylic acids is 1. The molecule has 3 nitrogen and oxygen atoms in total. The Morgan fingerprint density at radius 1 is 1.44 bits per heavy atom. The van der Waals surface area contributed by atoms with Gasteiger partial charge in [-0.15, -0.1) is 0 Å². The van der Waals surface area contributed by atoms with Gasteiger partial charge in [0, 0.05) is 3.57 Å². The number of hydrogen-bond acceptors (Lipinski definition) is 2. The Labute approximate surface area is 128 Å². The quantitative estimate of drug-likeness (QED) is 0.583. The van der Waals surface area contributed by atoms with Gasteiger partial charge < -0.3 is 10.4 Å². The van der Waals surface area contributed by atoms with E-state index in [1.165, 1.54) is 0 Å². The minimum Gasteiger partial charge on any atom is -0.381 e. The van der Waals surface area contributed by atoms with Gasteiger partial charge in [0.2, 0.25) is 0 Å². The van der Waals surface area contributed by atoms with Gasteiger partial charge in [-0.1, -0.05) is 35.3 Å². The van der Waals surface area contributed by atoms with Crippen molar-refractivity contribution in [3.05, 3.63) is 33.4 Å². The van der Waals surface area contributed by atoms with Crippen LogP contribution in [0, 0.1) is 3.57 Å². The van der Waals surface area contributed by atoms with Gasteiger partial charge in [0.1, 0.15) is 12.3 Å². The fourth-order valence-electron chi connectivity index (χ4n) is 1.30. The lowest BCUT2D eigenvalue weighted by Crippen LogP contribution is -2.43. The number of alkyl halides is 3. The molecule has 0 aliphatic heterocycles. The third-order valence-electron chi connectivity index (χ3n) is 2.36. The van der Waals surface area contributed by atoms with E-state index in [2.05, 4.69) is 27.9 Å². The first-order valence-corrected chi connectivity index (χ1v) is 6.94. The molecule has 7 heteroatoms. The van der Waals surface area contributed by atoms with E-state index >= 15 is 0 Å². The van der Waals surface area contributed by atoms with Gasteiger partial charge >= 0.3 is 0 Å². The predicted octanol–water partition coefficient (Wildman–Crippen LogP) is 2.37. The van der Waals surface area contributed by atoms with Gasteiger partial charge in [-0.2, -0.15) is 0 Å². The maximum atomic E-state index is 13.0. The number of rotatable bonds is 5. The van der Waals surface area contributed by atoms with Crippen molar-refractivity contribution < 1.29 is 14.3 Å². The van der Waals surface area contributed by atoms with Crippen LogP contribution in [-0.2, 0) is 10.4 Å². The van der Waals surface area contributed by atoms with Gasteiger partial charge in [0.15, 0.2) is 4.84 Å². The van der Waals surface area contributed by atoms with Crippen molar-refractivity contribution in [1.82, 2.24) is 5.32 Å². The van der Waals surface area contributed by atoms with Crippen LogP contribution in [0.5, 0.6) is 0 Å². The van der Waals surface area contributed by atoms with Crippen molar-refractivity contribution in [2.75, 3.05) is 13.2 Å². The van der Waals surface area contributed by atoms with Crippen LogP contribution in [0.2, 0.25) is 0 Å². The molecular formula is C11H11Cl2FINO2. The monoisotopic (exact) mass is 405 g/mol. The van der Waals surface area contributed by atoms with E-state index in [0.717, 1.165) is 3.57 Å². The summed E-state index contributed by atoms with van der Waals surface area (Å²) in [5.41, 5.74) is -1.39. The third kappa shape index (κ3) is 4.22. The number of nitrogens with one attached hydrogen (secondary N) is 1. The molecule has 1 atom stereocenters. The van der Waals surface area contributed by atoms with Crippen LogP contribution in [0.4, 0.5) is 4.39 Å². The van der Waals surface area contributed by atoms with Crippen molar-refractivity contribution in [1.29, 1.82) is 0 Å². The zero-order chi connectivity index (χ0) is 13.8. The predicted molar refractivity (Wildman–Crippen MR) is 77.5 cm³/mol. The first-order valence-electron chi connectivity index (χ1n) is 4.99. The lowest BCUT2D eigenvalue weighted by Gasteiger charge is -2.26. The lowest BCUT2D eigenvalue weighted by molar-refractivity contribution is -0.121. The number of halogens is 4. The molecule has 0 radical (unpaired) electrons. The summed E-state index contributed by atoms with van der Waals surface area (Å²) in [5, 5.41) is 12.4. The van der Waals surface area contributed by atoms with Crippen molar-refractivity contribution in [3.63, 3.8) is 0 Å². The van der Waals surface area contributed by atoms with Crippen LogP contribution in [0.15, 0.2) is 24.3 Å². The van der Waals surface area contributed by atoms with Crippen molar-refractivity contribution in [3.8, 4) is 0 Å². The van der Waals surface area contributed by atoms with Crippen LogP contribution in [-0.4, -0.2) is 29.1 Å². The van der Waals surface area contributed by atoms with E-state index in [0.29, 0.717) is 5.56 Å². The Kier molecular flexibility index (Phi) is 6.10. The average molecular weight is 406 g/mol. The fourth-order valence-corrected chi connectivity index (χ4v) is 1.81. The number of hydrogen-bond donors (Lipinski definition) is 2. The average Bonchev–Trinajstić information content (AvgIpc) is 2.36. The van der Waals surface area contributed by atoms with Crippen molar-refractivity contribution in [2.24, 2.45) is 0 Å². The zero-order valence-corrected chi connectivity index (χ0v) is 12.8. The number of benzene rings is 1. The molecule has 0 saturated heterocycles. The first-order chi connectivity index (χ1) is 8.39. The molecule has 2 N–H and O–H groups in total. The van der Waals surface area contributed by atoms with Gasteiger partial charge in [-0.05, 0) is 40.3 Å². The van der Waals surface area contributed by atoms with E-state index in [4.69, 9.17) is 23.2 Å². The molecule has 1 aromatic rings. The van der Waals surface area contributed by atoms with E-state index in [-0.39, 0.29) is 6.54 Å². The SMILES string of the molecule is O=C(NCC(O)(CF)c1ccc(I)cc1)C(Cl)Cl. The van der Waals surface area contributed by atoms with Crippen LogP contribution in [0.3, 0.4) is 0 Å². The second-order valence-corrected chi connectivity index (χ2v) is 6.03. The summed E-state index contributed by atoms with van der Waals surface area (Å²) in [6, 6.07) is 6.69. The summed E-state index contributed by atoms with van der Waals surface area (Å²) >= 11 is 12.8. The summed E-state index contributed by atoms with van der Waals surface area (Å²) in [6.07, 6.45) is 0. The summed E-state index contributed by atoms with van der Waals surface area (Å²) in [7, 11) is 0. The van der Waals surface area contributed by atoms with E-state index in [1.54, 1.807) is 24.3 Å². The van der Waals surface area contributed by atoms with Crippen LogP contribution >= 0.6 is 45.8 Å². The van der Waals surface area contributed by atoms with Crippen molar-refractivity contribution in [2.45, 2.75) is 10.4 Å². The highest BCUT2D eigenvalue weighted by Gasteiger charge is 2.30. The number of amides is 1. The fraction of sp³-hybridized carbons (Fsp3) is 0.364. The second-order valence-electron chi connectivity index (χ2n) is 3.69. The topological polar surface area (TPSA) is 49.3 Å². The molecule has 1 rings (SSSR count). The number of carbonyl (C=O) groups is 1. The summed E-state index contributed by atoms with van der Waals surface area (Å²) in [6.45, 7) is -1.32. The Balaban J connectivity index is 2.79. The number of aliphatic hydroxyl groups is 1. The largest absolute Gasteiger partial charge is 0.381 e. The molecular weight excluding hydrogens is 395 g/mol. The maximum Gasteiger partial charge on any atom is 0.253 e. The maximum absolute atomic E-state index is 13.0. The minimum absolute atomic E-state index is 0.293. The lowest BCUT2D eigenvalue weighted by atomic mass is 9.95. The van der Waals surface area contributed by atoms with Gasteiger partial charge in [-0.3, -0.25) is 4.79 Å². The molecule has 0 bridgehead atoms. The molecule has 1 aromatic carbocycles. The molecule has 0 spiro atoms. The van der Waals surface area contributed by atoms with Crippen LogP contribution < -0.4 is 5.32 Å². The second kappa shape index (κ2) is 6.88. The highest BCUT2D eigenvalue weighted by Crippen LogP contribution is 2.22.